The third-order valence-corrected chi connectivity index (χ3v) is 6.62. The zero-order valence-corrected chi connectivity index (χ0v) is 19.0. The Balaban J connectivity index is 1.30. The van der Waals surface area contributed by atoms with Gasteiger partial charge >= 0.3 is 0 Å². The Morgan fingerprint density at radius 3 is 2.76 bits per heavy atom. The number of para-hydroxylation sites is 4. The number of thioether (sulfide) groups is 1. The van der Waals surface area contributed by atoms with Crippen LogP contribution in [0.1, 0.15) is 25.3 Å². The summed E-state index contributed by atoms with van der Waals surface area (Å²) in [6.45, 7) is 2.21. The van der Waals surface area contributed by atoms with Gasteiger partial charge in [-0.3, -0.25) is 9.59 Å². The number of anilines is 2. The highest BCUT2D eigenvalue weighted by Gasteiger charge is 2.31. The molecule has 10 heteroatoms. The molecule has 0 saturated heterocycles. The maximum absolute atomic E-state index is 13.2. The van der Waals surface area contributed by atoms with Crippen molar-refractivity contribution in [2.45, 2.75) is 30.6 Å². The molecule has 2 atom stereocenters. The van der Waals surface area contributed by atoms with Crippen molar-refractivity contribution in [2.24, 2.45) is 7.05 Å². The second-order valence-electron chi connectivity index (χ2n) is 7.93. The SMILES string of the molecule is C[C@H]1CC(=O)Nc2ccccc2N1C(=O)CSc1nnc([C@H]2COc3ccccc3O2)n1C. The van der Waals surface area contributed by atoms with Gasteiger partial charge in [0.05, 0.1) is 17.1 Å². The monoisotopic (exact) mass is 465 g/mol. The topological polar surface area (TPSA) is 98.6 Å². The summed E-state index contributed by atoms with van der Waals surface area (Å²) >= 11 is 1.30. The molecule has 0 spiro atoms. The van der Waals surface area contributed by atoms with Crippen LogP contribution in [0.5, 0.6) is 11.5 Å². The van der Waals surface area contributed by atoms with Crippen LogP contribution in [-0.2, 0) is 16.6 Å². The molecule has 3 aromatic rings. The van der Waals surface area contributed by atoms with Crippen molar-refractivity contribution in [3.05, 3.63) is 54.4 Å². The van der Waals surface area contributed by atoms with E-state index in [0.29, 0.717) is 40.5 Å². The Kier molecular flexibility index (Phi) is 5.67. The second kappa shape index (κ2) is 8.78. The number of nitrogens with one attached hydrogen (secondary N) is 1. The molecular formula is C23H23N5O4S. The standard InChI is InChI=1S/C23H23N5O4S/c1-14-11-20(29)24-15-7-3-4-8-16(15)28(14)21(30)13-33-23-26-25-22(27(23)2)19-12-31-17-9-5-6-10-18(17)32-19/h3-10,14,19H,11-13H2,1-2H3,(H,24,29)/t14-,19+/m0/s1. The Morgan fingerprint density at radius 2 is 1.91 bits per heavy atom. The van der Waals surface area contributed by atoms with E-state index in [2.05, 4.69) is 15.5 Å². The number of benzene rings is 2. The van der Waals surface area contributed by atoms with Crippen LogP contribution in [0.4, 0.5) is 11.4 Å². The van der Waals surface area contributed by atoms with E-state index in [1.807, 2.05) is 61.0 Å². The zero-order valence-electron chi connectivity index (χ0n) is 18.2. The molecule has 3 heterocycles. The quantitative estimate of drug-likeness (QED) is 0.591. The average Bonchev–Trinajstić information content (AvgIpc) is 3.12. The van der Waals surface area contributed by atoms with E-state index in [1.165, 1.54) is 11.8 Å². The number of amides is 2. The van der Waals surface area contributed by atoms with Gasteiger partial charge < -0.3 is 24.3 Å². The first-order valence-corrected chi connectivity index (χ1v) is 11.6. The molecule has 0 aliphatic carbocycles. The van der Waals surface area contributed by atoms with Gasteiger partial charge in [-0.15, -0.1) is 10.2 Å². The van der Waals surface area contributed by atoms with E-state index < -0.39 is 6.10 Å². The molecule has 5 rings (SSSR count). The first-order chi connectivity index (χ1) is 16.0. The highest BCUT2D eigenvalue weighted by Crippen LogP contribution is 2.36. The lowest BCUT2D eigenvalue weighted by atomic mass is 10.2. The van der Waals surface area contributed by atoms with Crippen molar-refractivity contribution in [1.29, 1.82) is 0 Å². The first kappa shape index (κ1) is 21.3. The molecular weight excluding hydrogens is 442 g/mol. The maximum Gasteiger partial charge on any atom is 0.237 e. The molecule has 9 nitrogen and oxygen atoms in total. The predicted molar refractivity (Wildman–Crippen MR) is 124 cm³/mol. The van der Waals surface area contributed by atoms with Gasteiger partial charge in [0.2, 0.25) is 11.8 Å². The molecule has 2 amide bonds. The normalized spacial score (nSPS) is 19.5. The summed E-state index contributed by atoms with van der Waals surface area (Å²) in [6, 6.07) is 14.6. The molecule has 2 aliphatic heterocycles. The summed E-state index contributed by atoms with van der Waals surface area (Å²) in [4.78, 5) is 27.1. The van der Waals surface area contributed by atoms with Crippen LogP contribution >= 0.6 is 11.8 Å². The van der Waals surface area contributed by atoms with Crippen LogP contribution in [0.25, 0.3) is 0 Å². The molecule has 0 radical (unpaired) electrons. The van der Waals surface area contributed by atoms with Crippen LogP contribution in [0.2, 0.25) is 0 Å². The lowest BCUT2D eigenvalue weighted by molar-refractivity contribution is -0.117. The fourth-order valence-corrected chi connectivity index (χ4v) is 4.82. The summed E-state index contributed by atoms with van der Waals surface area (Å²) in [5.74, 6) is 1.94. The number of fused-ring (bicyclic) bond motifs is 2. The number of carbonyl (C=O) groups is 2. The fourth-order valence-electron chi connectivity index (χ4n) is 4.04. The summed E-state index contributed by atoms with van der Waals surface area (Å²) < 4.78 is 13.7. The molecule has 0 unspecified atom stereocenters. The van der Waals surface area contributed by atoms with Crippen LogP contribution in [0.15, 0.2) is 53.7 Å². The van der Waals surface area contributed by atoms with Gasteiger partial charge in [0.1, 0.15) is 6.61 Å². The minimum Gasteiger partial charge on any atom is -0.485 e. The van der Waals surface area contributed by atoms with Crippen molar-refractivity contribution in [3.63, 3.8) is 0 Å². The minimum absolute atomic E-state index is 0.104. The van der Waals surface area contributed by atoms with E-state index in [4.69, 9.17) is 9.47 Å². The summed E-state index contributed by atoms with van der Waals surface area (Å²) in [5, 5.41) is 12.0. The third-order valence-electron chi connectivity index (χ3n) is 5.62. The summed E-state index contributed by atoms with van der Waals surface area (Å²) in [6.07, 6.45) is -0.156. The molecule has 33 heavy (non-hydrogen) atoms. The van der Waals surface area contributed by atoms with Gasteiger partial charge in [0.25, 0.3) is 0 Å². The van der Waals surface area contributed by atoms with Gasteiger partial charge in [-0.1, -0.05) is 36.0 Å². The molecule has 0 fully saturated rings. The van der Waals surface area contributed by atoms with Gasteiger partial charge in [-0.2, -0.15) is 0 Å². The number of carbonyl (C=O) groups excluding carboxylic acids is 2. The number of ether oxygens (including phenoxy) is 2. The molecule has 0 saturated carbocycles. The molecule has 0 bridgehead atoms. The van der Waals surface area contributed by atoms with Gasteiger partial charge in [-0.25, -0.2) is 0 Å². The largest absolute Gasteiger partial charge is 0.485 e. The van der Waals surface area contributed by atoms with Crippen molar-refractivity contribution in [1.82, 2.24) is 14.8 Å². The van der Waals surface area contributed by atoms with Crippen molar-refractivity contribution in [2.75, 3.05) is 22.6 Å². The van der Waals surface area contributed by atoms with Gasteiger partial charge in [0, 0.05) is 19.5 Å². The van der Waals surface area contributed by atoms with Crippen molar-refractivity contribution < 1.29 is 19.1 Å². The lowest BCUT2D eigenvalue weighted by Crippen LogP contribution is -2.40. The molecule has 1 N–H and O–H groups in total. The first-order valence-electron chi connectivity index (χ1n) is 10.6. The number of aromatic nitrogens is 3. The smallest absolute Gasteiger partial charge is 0.237 e. The van der Waals surface area contributed by atoms with E-state index in [-0.39, 0.29) is 30.0 Å². The Bertz CT molecular complexity index is 1210. The van der Waals surface area contributed by atoms with Gasteiger partial charge in [-0.05, 0) is 31.2 Å². The van der Waals surface area contributed by atoms with Crippen LogP contribution in [0.3, 0.4) is 0 Å². The van der Waals surface area contributed by atoms with E-state index in [0.717, 1.165) is 0 Å². The fraction of sp³-hybridized carbons (Fsp3) is 0.304. The molecule has 170 valence electrons. The Morgan fingerprint density at radius 1 is 1.15 bits per heavy atom. The number of hydrogen-bond donors (Lipinski definition) is 1. The highest BCUT2D eigenvalue weighted by molar-refractivity contribution is 7.99. The molecule has 2 aliphatic rings. The van der Waals surface area contributed by atoms with Crippen LogP contribution < -0.4 is 19.7 Å². The Labute approximate surface area is 195 Å². The van der Waals surface area contributed by atoms with E-state index >= 15 is 0 Å². The molecule has 1 aromatic heterocycles. The number of rotatable bonds is 4. The third kappa shape index (κ3) is 4.13. The van der Waals surface area contributed by atoms with Crippen molar-refractivity contribution >= 4 is 35.0 Å². The number of nitrogens with zero attached hydrogens (tertiary/aromatic N) is 4. The summed E-state index contributed by atoms with van der Waals surface area (Å²) in [7, 11) is 1.85. The lowest BCUT2D eigenvalue weighted by Gasteiger charge is -2.27. The maximum atomic E-state index is 13.2. The summed E-state index contributed by atoms with van der Waals surface area (Å²) in [5.41, 5.74) is 1.34. The van der Waals surface area contributed by atoms with E-state index in [9.17, 15) is 9.59 Å². The Hall–Kier alpha value is -3.53. The van der Waals surface area contributed by atoms with Crippen LogP contribution in [0, 0.1) is 0 Å². The zero-order chi connectivity index (χ0) is 22.9. The van der Waals surface area contributed by atoms with E-state index in [1.54, 1.807) is 11.0 Å². The average molecular weight is 466 g/mol. The highest BCUT2D eigenvalue weighted by atomic mass is 32.2. The minimum atomic E-state index is -0.392. The molecule has 2 aromatic carbocycles. The second-order valence-corrected chi connectivity index (χ2v) is 8.88. The van der Waals surface area contributed by atoms with Crippen LogP contribution in [-0.4, -0.2) is 45.0 Å². The number of hydrogen-bond acceptors (Lipinski definition) is 7. The predicted octanol–water partition coefficient (Wildman–Crippen LogP) is 3.18. The van der Waals surface area contributed by atoms with Gasteiger partial charge in [0.15, 0.2) is 28.6 Å². The van der Waals surface area contributed by atoms with Crippen molar-refractivity contribution in [3.8, 4) is 11.5 Å².